The van der Waals surface area contributed by atoms with Crippen LogP contribution in [0.2, 0.25) is 0 Å². The molecule has 0 saturated carbocycles. The van der Waals surface area contributed by atoms with Gasteiger partial charge < -0.3 is 4.74 Å². The Bertz CT molecular complexity index is 236. The van der Waals surface area contributed by atoms with Crippen LogP contribution >= 0.6 is 0 Å². The normalized spacial score (nSPS) is 13.9. The van der Waals surface area contributed by atoms with Gasteiger partial charge in [0.15, 0.2) is 0 Å². The fourth-order valence-electron chi connectivity index (χ4n) is 1.64. The van der Waals surface area contributed by atoms with Crippen molar-refractivity contribution in [2.45, 2.75) is 72.3 Å². The molecule has 0 amide bonds. The van der Waals surface area contributed by atoms with Crippen LogP contribution in [0.3, 0.4) is 0 Å². The lowest BCUT2D eigenvalue weighted by molar-refractivity contribution is -0.160. The maximum Gasteiger partial charge on any atom is 0.309 e. The molecule has 1 atom stereocenters. The van der Waals surface area contributed by atoms with E-state index in [0.717, 1.165) is 32.1 Å². The second kappa shape index (κ2) is 8.32. The van der Waals surface area contributed by atoms with Gasteiger partial charge in [-0.15, -0.1) is 0 Å². The van der Waals surface area contributed by atoms with Crippen molar-refractivity contribution in [3.63, 3.8) is 0 Å². The van der Waals surface area contributed by atoms with E-state index in [2.05, 4.69) is 26.0 Å². The first-order valence-corrected chi connectivity index (χ1v) is 6.78. The zero-order valence-electron chi connectivity index (χ0n) is 12.1. The summed E-state index contributed by atoms with van der Waals surface area (Å²) in [4.78, 5) is 11.9. The Hall–Kier alpha value is -0.790. The topological polar surface area (TPSA) is 26.3 Å². The molecule has 0 aliphatic rings. The molecule has 2 heteroatoms. The molecule has 0 aromatic heterocycles. The Morgan fingerprint density at radius 2 is 1.88 bits per heavy atom. The maximum atomic E-state index is 11.9. The van der Waals surface area contributed by atoms with E-state index in [-0.39, 0.29) is 17.5 Å². The van der Waals surface area contributed by atoms with Crippen LogP contribution in [0.25, 0.3) is 0 Å². The Morgan fingerprint density at radius 3 is 2.35 bits per heavy atom. The molecule has 0 heterocycles. The highest BCUT2D eigenvalue weighted by molar-refractivity contribution is 5.72. The van der Waals surface area contributed by atoms with Gasteiger partial charge in [0.1, 0.15) is 5.60 Å². The van der Waals surface area contributed by atoms with Gasteiger partial charge in [0.05, 0.1) is 5.92 Å². The molecule has 1 unspecified atom stereocenters. The van der Waals surface area contributed by atoms with Gasteiger partial charge in [-0.25, -0.2) is 0 Å². The summed E-state index contributed by atoms with van der Waals surface area (Å²) in [6.45, 7) is 9.94. The first-order chi connectivity index (χ1) is 7.90. The van der Waals surface area contributed by atoms with Crippen molar-refractivity contribution < 1.29 is 9.53 Å². The molecule has 2 nitrogen and oxygen atoms in total. The van der Waals surface area contributed by atoms with Crippen LogP contribution in [0.4, 0.5) is 0 Å². The van der Waals surface area contributed by atoms with Crippen LogP contribution in [-0.4, -0.2) is 11.6 Å². The number of hydrogen-bond donors (Lipinski definition) is 0. The number of hydrogen-bond acceptors (Lipinski definition) is 2. The largest absolute Gasteiger partial charge is 0.460 e. The van der Waals surface area contributed by atoms with Crippen molar-refractivity contribution in [3.05, 3.63) is 12.2 Å². The number of rotatable bonds is 7. The van der Waals surface area contributed by atoms with Crippen LogP contribution < -0.4 is 0 Å². The van der Waals surface area contributed by atoms with Gasteiger partial charge in [-0.1, -0.05) is 26.0 Å². The molecular weight excluding hydrogens is 212 g/mol. The summed E-state index contributed by atoms with van der Waals surface area (Å²) in [5.74, 6) is 0.0173. The number of allylic oxidation sites excluding steroid dienone is 2. The van der Waals surface area contributed by atoms with Crippen LogP contribution in [0.1, 0.15) is 66.7 Å². The highest BCUT2D eigenvalue weighted by atomic mass is 16.6. The molecule has 0 bridgehead atoms. The van der Waals surface area contributed by atoms with Crippen LogP contribution in [0.15, 0.2) is 12.2 Å². The summed E-state index contributed by atoms with van der Waals surface area (Å²) < 4.78 is 5.41. The molecule has 0 saturated heterocycles. The van der Waals surface area contributed by atoms with E-state index in [9.17, 15) is 4.79 Å². The highest BCUT2D eigenvalue weighted by Crippen LogP contribution is 2.18. The monoisotopic (exact) mass is 240 g/mol. The third-order valence-electron chi connectivity index (χ3n) is 2.56. The van der Waals surface area contributed by atoms with Crippen LogP contribution in [-0.2, 0) is 9.53 Å². The number of carbonyl (C=O) groups is 1. The lowest BCUT2D eigenvalue weighted by Crippen LogP contribution is -2.28. The van der Waals surface area contributed by atoms with Gasteiger partial charge in [0.2, 0.25) is 0 Å². The van der Waals surface area contributed by atoms with Crippen LogP contribution in [0.5, 0.6) is 0 Å². The third-order valence-corrected chi connectivity index (χ3v) is 2.56. The van der Waals surface area contributed by atoms with Crippen LogP contribution in [0, 0.1) is 5.92 Å². The zero-order valence-corrected chi connectivity index (χ0v) is 12.1. The van der Waals surface area contributed by atoms with E-state index in [0.29, 0.717) is 0 Å². The van der Waals surface area contributed by atoms with Crippen molar-refractivity contribution in [3.8, 4) is 0 Å². The predicted octanol–water partition coefficient (Wildman–Crippen LogP) is 4.49. The molecule has 0 radical (unpaired) electrons. The minimum absolute atomic E-state index is 0.0422. The molecule has 17 heavy (non-hydrogen) atoms. The first kappa shape index (κ1) is 16.2. The number of carbonyl (C=O) groups excluding carboxylic acids is 1. The van der Waals surface area contributed by atoms with Gasteiger partial charge in [-0.3, -0.25) is 4.79 Å². The minimum Gasteiger partial charge on any atom is -0.460 e. The Morgan fingerprint density at radius 1 is 1.24 bits per heavy atom. The fourth-order valence-corrected chi connectivity index (χ4v) is 1.64. The van der Waals surface area contributed by atoms with E-state index in [1.807, 2.05) is 20.8 Å². The Kier molecular flexibility index (Phi) is 7.94. The molecule has 0 aromatic rings. The van der Waals surface area contributed by atoms with Crippen molar-refractivity contribution in [1.82, 2.24) is 0 Å². The van der Waals surface area contributed by atoms with Crippen molar-refractivity contribution in [2.75, 3.05) is 0 Å². The molecule has 0 N–H and O–H groups in total. The summed E-state index contributed by atoms with van der Waals surface area (Å²) in [6.07, 6.45) is 9.38. The molecule has 0 spiro atoms. The van der Waals surface area contributed by atoms with Crippen molar-refractivity contribution >= 4 is 5.97 Å². The summed E-state index contributed by atoms with van der Waals surface area (Å²) in [7, 11) is 0. The summed E-state index contributed by atoms with van der Waals surface area (Å²) in [5, 5.41) is 0. The van der Waals surface area contributed by atoms with Gasteiger partial charge in [0, 0.05) is 0 Å². The van der Waals surface area contributed by atoms with Gasteiger partial charge in [-0.2, -0.15) is 0 Å². The lowest BCUT2D eigenvalue weighted by atomic mass is 9.99. The van der Waals surface area contributed by atoms with Crippen molar-refractivity contribution in [1.29, 1.82) is 0 Å². The van der Waals surface area contributed by atoms with Gasteiger partial charge in [0.25, 0.3) is 0 Å². The molecular formula is C15H28O2. The third kappa shape index (κ3) is 8.96. The summed E-state index contributed by atoms with van der Waals surface area (Å²) in [6, 6.07) is 0. The quantitative estimate of drug-likeness (QED) is 0.372. The molecule has 0 aromatic carbocycles. The Labute approximate surface area is 106 Å². The molecule has 0 aliphatic heterocycles. The number of ether oxygens (including phenoxy) is 1. The smallest absolute Gasteiger partial charge is 0.309 e. The van der Waals surface area contributed by atoms with E-state index in [1.54, 1.807) is 0 Å². The van der Waals surface area contributed by atoms with Gasteiger partial charge >= 0.3 is 5.97 Å². The lowest BCUT2D eigenvalue weighted by Gasteiger charge is -2.23. The number of esters is 1. The molecule has 0 aliphatic carbocycles. The second-order valence-electron chi connectivity index (χ2n) is 5.45. The maximum absolute atomic E-state index is 11.9. The minimum atomic E-state index is -0.368. The summed E-state index contributed by atoms with van der Waals surface area (Å²) in [5.41, 5.74) is -0.368. The SMILES string of the molecule is CCC=CCCCC(CC)C(=O)OC(C)(C)C. The van der Waals surface area contributed by atoms with Crippen molar-refractivity contribution in [2.24, 2.45) is 5.92 Å². The zero-order chi connectivity index (χ0) is 13.3. The van der Waals surface area contributed by atoms with Gasteiger partial charge in [-0.05, 0) is 52.9 Å². The summed E-state index contributed by atoms with van der Waals surface area (Å²) >= 11 is 0. The van der Waals surface area contributed by atoms with E-state index < -0.39 is 0 Å². The molecule has 100 valence electrons. The Balaban J connectivity index is 3.98. The van der Waals surface area contributed by atoms with E-state index >= 15 is 0 Å². The average Bonchev–Trinajstić information content (AvgIpc) is 2.20. The second-order valence-corrected chi connectivity index (χ2v) is 5.45. The van der Waals surface area contributed by atoms with E-state index in [1.165, 1.54) is 0 Å². The average molecular weight is 240 g/mol. The highest BCUT2D eigenvalue weighted by Gasteiger charge is 2.23. The number of unbranched alkanes of at least 4 members (excludes halogenated alkanes) is 1. The predicted molar refractivity (Wildman–Crippen MR) is 72.9 cm³/mol. The van der Waals surface area contributed by atoms with E-state index in [4.69, 9.17) is 4.74 Å². The molecule has 0 fully saturated rings. The standard InChI is InChI=1S/C15H28O2/c1-6-8-9-10-11-12-13(7-2)14(16)17-15(3,4)5/h8-9,13H,6-7,10-12H2,1-5H3. The molecule has 0 rings (SSSR count). The fraction of sp³-hybridized carbons (Fsp3) is 0.800. The first-order valence-electron chi connectivity index (χ1n) is 6.78.